The summed E-state index contributed by atoms with van der Waals surface area (Å²) in [6, 6.07) is 7.03. The van der Waals surface area contributed by atoms with E-state index in [1.165, 1.54) is 17.8 Å². The second-order valence-corrected chi connectivity index (χ2v) is 7.25. The fourth-order valence-corrected chi connectivity index (χ4v) is 4.10. The third-order valence-electron chi connectivity index (χ3n) is 5.29. The second-order valence-electron chi connectivity index (χ2n) is 6.81. The van der Waals surface area contributed by atoms with Gasteiger partial charge in [-0.25, -0.2) is 4.79 Å². The lowest BCUT2D eigenvalue weighted by Crippen LogP contribution is -2.53. The molecule has 2 unspecified atom stereocenters. The summed E-state index contributed by atoms with van der Waals surface area (Å²) in [6.07, 6.45) is 2.41. The molecule has 0 bridgehead atoms. The van der Waals surface area contributed by atoms with E-state index in [9.17, 15) is 14.4 Å². The molecule has 7 heteroatoms. The zero-order chi connectivity index (χ0) is 18.6. The van der Waals surface area contributed by atoms with Crippen LogP contribution >= 0.6 is 11.6 Å². The Balaban J connectivity index is 1.80. The minimum Gasteiger partial charge on any atom is -0.294 e. The van der Waals surface area contributed by atoms with Gasteiger partial charge in [0.25, 0.3) is 5.84 Å². The molecule has 1 aromatic carbocycles. The van der Waals surface area contributed by atoms with E-state index in [1.54, 1.807) is 13.1 Å². The van der Waals surface area contributed by atoms with Crippen molar-refractivity contribution in [3.8, 4) is 0 Å². The number of ketones is 1. The molecular weight excluding hydrogens is 354 g/mol. The summed E-state index contributed by atoms with van der Waals surface area (Å²) in [5.74, 6) is -0.722. The number of benzene rings is 1. The van der Waals surface area contributed by atoms with Gasteiger partial charge >= 0.3 is 11.9 Å². The number of nitrogens with zero attached hydrogens (tertiary/aromatic N) is 3. The fraction of sp³-hybridized carbons (Fsp3) is 0.316. The molecule has 26 heavy (non-hydrogen) atoms. The van der Waals surface area contributed by atoms with E-state index < -0.39 is 11.9 Å². The number of hydrogen-bond acceptors (Lipinski definition) is 4. The second kappa shape index (κ2) is 5.99. The molecule has 2 heterocycles. The lowest BCUT2D eigenvalue weighted by Gasteiger charge is -2.33. The number of amidine groups is 1. The van der Waals surface area contributed by atoms with Gasteiger partial charge in [-0.05, 0) is 35.6 Å². The van der Waals surface area contributed by atoms with Crippen molar-refractivity contribution in [1.82, 2.24) is 4.90 Å². The number of imide groups is 1. The highest BCUT2D eigenvalue weighted by Gasteiger charge is 2.50. The van der Waals surface area contributed by atoms with Crippen LogP contribution in [0, 0.1) is 5.92 Å². The Kier molecular flexibility index (Phi) is 3.88. The Bertz CT molecular complexity index is 961. The predicted molar refractivity (Wildman–Crippen MR) is 96.8 cm³/mol. The fourth-order valence-electron chi connectivity index (χ4n) is 3.90. The Morgan fingerprint density at radius 2 is 2.00 bits per heavy atom. The van der Waals surface area contributed by atoms with E-state index in [1.807, 2.05) is 18.2 Å². The summed E-state index contributed by atoms with van der Waals surface area (Å²) >= 11 is 6.10. The number of amides is 3. The first-order valence-electron chi connectivity index (χ1n) is 8.36. The van der Waals surface area contributed by atoms with Crippen LogP contribution in [0.5, 0.6) is 0 Å². The van der Waals surface area contributed by atoms with Crippen molar-refractivity contribution in [2.24, 2.45) is 10.9 Å². The average Bonchev–Trinajstić information content (AvgIpc) is 2.63. The summed E-state index contributed by atoms with van der Waals surface area (Å²) in [6.45, 7) is 0. The van der Waals surface area contributed by atoms with Crippen LogP contribution in [0.3, 0.4) is 0 Å². The standard InChI is InChI=1S/C19H17ClN3O3/c1-22-17-16(18(25)23(2)19(22)26)13-7-11(8-15(24)14(13)9-21-17)10-4-3-5-12(20)6-10/h3-6,9,11,16H,7-8H2,1-2H3/q+1. The molecule has 0 fully saturated rings. The number of rotatable bonds is 1. The number of carbonyl (C=O) groups is 3. The summed E-state index contributed by atoms with van der Waals surface area (Å²) < 4.78 is 1.37. The van der Waals surface area contributed by atoms with Gasteiger partial charge in [-0.15, -0.1) is 4.99 Å². The van der Waals surface area contributed by atoms with Crippen LogP contribution in [-0.4, -0.2) is 53.3 Å². The van der Waals surface area contributed by atoms with Crippen molar-refractivity contribution in [2.45, 2.75) is 18.8 Å². The van der Waals surface area contributed by atoms with Gasteiger partial charge in [-0.3, -0.25) is 9.59 Å². The van der Waals surface area contributed by atoms with Gasteiger partial charge < -0.3 is 0 Å². The Morgan fingerprint density at radius 3 is 2.73 bits per heavy atom. The molecule has 0 aromatic heterocycles. The molecule has 0 radical (unpaired) electrons. The summed E-state index contributed by atoms with van der Waals surface area (Å²) in [4.78, 5) is 43.0. The Labute approximate surface area is 155 Å². The average molecular weight is 371 g/mol. The number of hydrogen-bond donors (Lipinski definition) is 0. The molecule has 0 saturated heterocycles. The Hall–Kier alpha value is -2.60. The van der Waals surface area contributed by atoms with Crippen molar-refractivity contribution in [2.75, 3.05) is 14.1 Å². The maximum Gasteiger partial charge on any atom is 0.445 e. The number of carbonyl (C=O) groups excluding carboxylic acids is 3. The zero-order valence-corrected chi connectivity index (χ0v) is 15.2. The lowest BCUT2D eigenvalue weighted by molar-refractivity contribution is -0.407. The largest absolute Gasteiger partial charge is 0.445 e. The number of aliphatic imine (C=N–C) groups is 1. The summed E-state index contributed by atoms with van der Waals surface area (Å²) in [5, 5.41) is 0.617. The van der Waals surface area contributed by atoms with Crippen molar-refractivity contribution in [3.63, 3.8) is 0 Å². The molecule has 3 aliphatic rings. The van der Waals surface area contributed by atoms with Gasteiger partial charge in [0.1, 0.15) is 6.21 Å². The molecule has 132 valence electrons. The molecule has 1 aliphatic carbocycles. The van der Waals surface area contributed by atoms with Gasteiger partial charge in [0.15, 0.2) is 11.7 Å². The third kappa shape index (κ3) is 2.44. The number of dihydropyridines is 1. The molecule has 6 nitrogen and oxygen atoms in total. The van der Waals surface area contributed by atoms with E-state index in [0.29, 0.717) is 29.3 Å². The van der Waals surface area contributed by atoms with Crippen LogP contribution in [0.1, 0.15) is 24.3 Å². The maximum absolute atomic E-state index is 12.8. The zero-order valence-electron chi connectivity index (χ0n) is 14.4. The smallest absolute Gasteiger partial charge is 0.294 e. The lowest BCUT2D eigenvalue weighted by atomic mass is 9.73. The van der Waals surface area contributed by atoms with Crippen LogP contribution in [-0.2, 0) is 9.59 Å². The number of urea groups is 1. The van der Waals surface area contributed by atoms with Crippen LogP contribution < -0.4 is 0 Å². The highest BCUT2D eigenvalue weighted by molar-refractivity contribution is 6.30. The molecule has 0 spiro atoms. The SMILES string of the molecule is CN1C(=O)C2C3=C(C=NC2=[N+](C)C1=O)C(=O)CC(c1cccc(Cl)c1)C3. The van der Waals surface area contributed by atoms with E-state index in [0.717, 1.165) is 16.0 Å². The van der Waals surface area contributed by atoms with Gasteiger partial charge in [-0.2, -0.15) is 9.48 Å². The van der Waals surface area contributed by atoms with Gasteiger partial charge in [0.05, 0.1) is 19.7 Å². The van der Waals surface area contributed by atoms with E-state index >= 15 is 0 Å². The van der Waals surface area contributed by atoms with Gasteiger partial charge in [0, 0.05) is 11.4 Å². The summed E-state index contributed by atoms with van der Waals surface area (Å²) in [5.41, 5.74) is 2.22. The van der Waals surface area contributed by atoms with E-state index in [-0.39, 0.29) is 17.6 Å². The van der Waals surface area contributed by atoms with Crippen molar-refractivity contribution < 1.29 is 19.0 Å². The van der Waals surface area contributed by atoms with Gasteiger partial charge in [0.2, 0.25) is 0 Å². The highest BCUT2D eigenvalue weighted by Crippen LogP contribution is 2.41. The first-order valence-corrected chi connectivity index (χ1v) is 8.74. The van der Waals surface area contributed by atoms with Crippen LogP contribution in [0.2, 0.25) is 5.02 Å². The van der Waals surface area contributed by atoms with Crippen molar-refractivity contribution in [3.05, 3.63) is 46.0 Å². The molecule has 3 amide bonds. The van der Waals surface area contributed by atoms with Crippen LogP contribution in [0.15, 0.2) is 40.4 Å². The maximum atomic E-state index is 12.8. The number of allylic oxidation sites excluding steroid dienone is 1. The van der Waals surface area contributed by atoms with Crippen molar-refractivity contribution in [1.29, 1.82) is 0 Å². The predicted octanol–water partition coefficient (Wildman–Crippen LogP) is 2.42. The molecular formula is C19H17ClN3O3+. The highest BCUT2D eigenvalue weighted by atomic mass is 35.5. The van der Waals surface area contributed by atoms with Gasteiger partial charge in [-0.1, -0.05) is 23.7 Å². The minimum atomic E-state index is -0.686. The first-order chi connectivity index (χ1) is 12.4. The van der Waals surface area contributed by atoms with E-state index in [2.05, 4.69) is 4.99 Å². The number of Topliss-reactive ketones (excluding diaryl/α,β-unsaturated/α-hetero) is 1. The monoisotopic (exact) mass is 370 g/mol. The van der Waals surface area contributed by atoms with Crippen LogP contribution in [0.4, 0.5) is 4.79 Å². The van der Waals surface area contributed by atoms with Crippen LogP contribution in [0.25, 0.3) is 0 Å². The quantitative estimate of drug-likeness (QED) is 0.713. The third-order valence-corrected chi connectivity index (χ3v) is 5.53. The minimum absolute atomic E-state index is 0.0333. The molecule has 2 aliphatic heterocycles. The van der Waals surface area contributed by atoms with Crippen molar-refractivity contribution >= 4 is 41.4 Å². The molecule has 0 N–H and O–H groups in total. The molecule has 2 atom stereocenters. The Morgan fingerprint density at radius 1 is 1.23 bits per heavy atom. The molecule has 0 saturated carbocycles. The summed E-state index contributed by atoms with van der Waals surface area (Å²) in [7, 11) is 3.05. The molecule has 1 aromatic rings. The normalized spacial score (nSPS) is 25.7. The van der Waals surface area contributed by atoms with E-state index in [4.69, 9.17) is 11.6 Å². The topological polar surface area (TPSA) is 69.8 Å². The number of halogens is 1. The first kappa shape index (κ1) is 16.8. The number of fused-ring (bicyclic) bond motifs is 2. The molecule has 4 rings (SSSR count).